The first-order chi connectivity index (χ1) is 11.3. The van der Waals surface area contributed by atoms with Gasteiger partial charge >= 0.3 is 5.97 Å². The third-order valence-electron chi connectivity index (χ3n) is 8.30. The van der Waals surface area contributed by atoms with E-state index in [1.54, 1.807) is 0 Å². The number of carbonyl (C=O) groups excluding carboxylic acids is 1. The van der Waals surface area contributed by atoms with Gasteiger partial charge in [0.15, 0.2) is 0 Å². The molecule has 0 amide bonds. The highest BCUT2D eigenvalue weighted by atomic mass is 16.5. The maximum Gasteiger partial charge on any atom is 0.309 e. The number of hydrogen-bond acceptors (Lipinski definition) is 4. The molecular weight excluding hydrogens is 304 g/mol. The van der Waals surface area contributed by atoms with Crippen molar-refractivity contribution in [2.75, 3.05) is 7.11 Å². The summed E-state index contributed by atoms with van der Waals surface area (Å²) in [6.45, 7) is 6.45. The van der Waals surface area contributed by atoms with E-state index in [4.69, 9.17) is 4.74 Å². The molecule has 0 aliphatic heterocycles. The molecule has 0 aromatic carbocycles. The van der Waals surface area contributed by atoms with Crippen molar-refractivity contribution < 1.29 is 19.7 Å². The molecule has 0 saturated heterocycles. The molecule has 24 heavy (non-hydrogen) atoms. The number of fused-ring (bicyclic) bond motifs is 3. The zero-order valence-corrected chi connectivity index (χ0v) is 14.8. The van der Waals surface area contributed by atoms with Crippen molar-refractivity contribution in [1.29, 1.82) is 0 Å². The summed E-state index contributed by atoms with van der Waals surface area (Å²) in [5, 5.41) is 21.5. The highest BCUT2D eigenvalue weighted by Crippen LogP contribution is 2.70. The van der Waals surface area contributed by atoms with Gasteiger partial charge in [-0.1, -0.05) is 13.5 Å². The number of carbonyl (C=O) groups is 1. The Balaban J connectivity index is 1.74. The van der Waals surface area contributed by atoms with E-state index in [1.165, 1.54) is 7.11 Å². The minimum Gasteiger partial charge on any atom is -0.469 e. The Labute approximate surface area is 144 Å². The molecule has 4 fully saturated rings. The van der Waals surface area contributed by atoms with Gasteiger partial charge in [-0.3, -0.25) is 4.79 Å². The van der Waals surface area contributed by atoms with Gasteiger partial charge in [-0.15, -0.1) is 0 Å². The molecule has 0 radical (unpaired) electrons. The Morgan fingerprint density at radius 1 is 1.25 bits per heavy atom. The van der Waals surface area contributed by atoms with E-state index >= 15 is 0 Å². The first-order valence-corrected chi connectivity index (χ1v) is 9.46. The molecule has 2 N–H and O–H groups in total. The van der Waals surface area contributed by atoms with Crippen molar-refractivity contribution in [3.05, 3.63) is 12.2 Å². The predicted octanol–water partition coefficient (Wildman–Crippen LogP) is 2.68. The second-order valence-electron chi connectivity index (χ2n) is 9.12. The summed E-state index contributed by atoms with van der Waals surface area (Å²) >= 11 is 0. The molecule has 0 heterocycles. The SMILES string of the molecule is C=C1[C@@H]2CC[C@H]3[C@]4(C)C[C@H](O)C[C@@H](C(=O)OC)[C@H]4CC[C@]3(C2)[C@H]1O. The van der Waals surface area contributed by atoms with Crippen LogP contribution >= 0.6 is 0 Å². The van der Waals surface area contributed by atoms with E-state index in [9.17, 15) is 15.0 Å². The molecule has 4 aliphatic rings. The minimum atomic E-state index is -0.454. The Kier molecular flexibility index (Phi) is 3.67. The maximum atomic E-state index is 12.3. The van der Waals surface area contributed by atoms with Crippen molar-refractivity contribution in [3.63, 3.8) is 0 Å². The molecule has 1 spiro atoms. The van der Waals surface area contributed by atoms with Crippen LogP contribution in [0.4, 0.5) is 0 Å². The van der Waals surface area contributed by atoms with Crippen LogP contribution in [0.5, 0.6) is 0 Å². The Morgan fingerprint density at radius 2 is 2.00 bits per heavy atom. The molecule has 8 atom stereocenters. The zero-order chi connectivity index (χ0) is 17.3. The normalized spacial score (nSPS) is 53.2. The molecule has 4 rings (SSSR count). The first kappa shape index (κ1) is 16.6. The first-order valence-electron chi connectivity index (χ1n) is 9.46. The number of rotatable bonds is 1. The fourth-order valence-corrected chi connectivity index (χ4v) is 7.40. The van der Waals surface area contributed by atoms with Gasteiger partial charge in [-0.05, 0) is 73.7 Å². The van der Waals surface area contributed by atoms with E-state index in [2.05, 4.69) is 13.5 Å². The van der Waals surface area contributed by atoms with E-state index in [1.807, 2.05) is 0 Å². The molecule has 4 heteroatoms. The topological polar surface area (TPSA) is 66.8 Å². The predicted molar refractivity (Wildman–Crippen MR) is 90.0 cm³/mol. The molecule has 4 nitrogen and oxygen atoms in total. The maximum absolute atomic E-state index is 12.3. The van der Waals surface area contributed by atoms with E-state index in [-0.39, 0.29) is 28.6 Å². The smallest absolute Gasteiger partial charge is 0.309 e. The summed E-state index contributed by atoms with van der Waals surface area (Å²) in [6.07, 6.45) is 5.51. The van der Waals surface area contributed by atoms with Crippen molar-refractivity contribution >= 4 is 5.97 Å². The highest BCUT2D eigenvalue weighted by Gasteiger charge is 2.66. The highest BCUT2D eigenvalue weighted by molar-refractivity contribution is 5.73. The van der Waals surface area contributed by atoms with Gasteiger partial charge in [0.05, 0.1) is 25.2 Å². The van der Waals surface area contributed by atoms with Crippen LogP contribution in [-0.2, 0) is 9.53 Å². The summed E-state index contributed by atoms with van der Waals surface area (Å²) in [6, 6.07) is 0. The summed E-state index contributed by atoms with van der Waals surface area (Å²) < 4.78 is 5.05. The van der Waals surface area contributed by atoms with Gasteiger partial charge in [0, 0.05) is 5.41 Å². The average Bonchev–Trinajstić information content (AvgIpc) is 2.73. The Bertz CT molecular complexity index is 572. The number of hydrogen-bond donors (Lipinski definition) is 2. The fraction of sp³-hybridized carbons (Fsp3) is 0.850. The third-order valence-corrected chi connectivity index (χ3v) is 8.30. The molecule has 0 aromatic heterocycles. The van der Waals surface area contributed by atoms with Crippen LogP contribution in [0.15, 0.2) is 12.2 Å². The number of methoxy groups -OCH3 is 1. The lowest BCUT2D eigenvalue weighted by Gasteiger charge is -2.62. The second kappa shape index (κ2) is 5.31. The van der Waals surface area contributed by atoms with E-state index in [0.29, 0.717) is 18.3 Å². The van der Waals surface area contributed by atoms with Gasteiger partial charge in [-0.2, -0.15) is 0 Å². The van der Waals surface area contributed by atoms with Crippen LogP contribution in [0.2, 0.25) is 0 Å². The van der Waals surface area contributed by atoms with Crippen LogP contribution in [-0.4, -0.2) is 35.5 Å². The van der Waals surface area contributed by atoms with Crippen molar-refractivity contribution in [2.24, 2.45) is 34.5 Å². The number of ether oxygens (including phenoxy) is 1. The van der Waals surface area contributed by atoms with E-state index < -0.39 is 12.2 Å². The van der Waals surface area contributed by atoms with Crippen molar-refractivity contribution in [3.8, 4) is 0 Å². The molecule has 0 unspecified atom stereocenters. The van der Waals surface area contributed by atoms with Gasteiger partial charge in [0.25, 0.3) is 0 Å². The van der Waals surface area contributed by atoms with Crippen LogP contribution in [0.1, 0.15) is 51.9 Å². The van der Waals surface area contributed by atoms with E-state index in [0.717, 1.165) is 44.1 Å². The Hall–Kier alpha value is -0.870. The molecule has 2 bridgehead atoms. The average molecular weight is 334 g/mol. The number of aliphatic hydroxyl groups excluding tert-OH is 2. The minimum absolute atomic E-state index is 0.0804. The lowest BCUT2D eigenvalue weighted by molar-refractivity contribution is -0.185. The molecule has 4 aliphatic carbocycles. The largest absolute Gasteiger partial charge is 0.469 e. The van der Waals surface area contributed by atoms with Crippen LogP contribution in [0.3, 0.4) is 0 Å². The van der Waals surface area contributed by atoms with Crippen LogP contribution < -0.4 is 0 Å². The summed E-state index contributed by atoms with van der Waals surface area (Å²) in [5.74, 6) is 0.686. The second-order valence-corrected chi connectivity index (χ2v) is 9.12. The summed E-state index contributed by atoms with van der Waals surface area (Å²) in [4.78, 5) is 12.3. The van der Waals surface area contributed by atoms with Crippen molar-refractivity contribution in [1.82, 2.24) is 0 Å². The molecule has 0 aromatic rings. The van der Waals surface area contributed by atoms with Crippen molar-refractivity contribution in [2.45, 2.75) is 64.1 Å². The summed E-state index contributed by atoms with van der Waals surface area (Å²) in [5.41, 5.74) is 0.842. The Morgan fingerprint density at radius 3 is 2.71 bits per heavy atom. The standard InChI is InChI=1S/C20H30O4/c1-11-12-4-5-16-19(2)10-13(21)8-14(18(23)24-3)15(19)6-7-20(16,9-12)17(11)22/h12-17,21-22H,1,4-10H2,2-3H3/t12-,13-,14-,15-,16+,17+,19-,20-/m1/s1. The quantitative estimate of drug-likeness (QED) is 0.571. The van der Waals surface area contributed by atoms with Gasteiger partial charge in [-0.25, -0.2) is 0 Å². The number of esters is 1. The zero-order valence-electron chi connectivity index (χ0n) is 14.8. The molecular formula is C20H30O4. The lowest BCUT2D eigenvalue weighted by Crippen LogP contribution is -2.59. The van der Waals surface area contributed by atoms with Gasteiger partial charge in [0.2, 0.25) is 0 Å². The van der Waals surface area contributed by atoms with Gasteiger partial charge in [0.1, 0.15) is 0 Å². The fourth-order valence-electron chi connectivity index (χ4n) is 7.40. The summed E-state index contributed by atoms with van der Waals surface area (Å²) in [7, 11) is 1.45. The third kappa shape index (κ3) is 1.96. The molecule has 4 saturated carbocycles. The lowest BCUT2D eigenvalue weighted by atomic mass is 9.43. The van der Waals surface area contributed by atoms with Gasteiger partial charge < -0.3 is 14.9 Å². The number of aliphatic hydroxyl groups is 2. The van der Waals surface area contributed by atoms with Crippen LogP contribution in [0, 0.1) is 34.5 Å². The monoisotopic (exact) mass is 334 g/mol. The molecule has 134 valence electrons. The van der Waals surface area contributed by atoms with Crippen LogP contribution in [0.25, 0.3) is 0 Å².